The molecule has 0 aliphatic carbocycles. The Bertz CT molecular complexity index is 1030. The topological polar surface area (TPSA) is 93.2 Å². The SMILES string of the molecule is O=C(Nc1ccc(N2CCN(CC(=O)N3CCCC3)CC2)cc1C(=O)O)c1ccc(Cl)cc1. The van der Waals surface area contributed by atoms with Gasteiger partial charge in [-0.15, -0.1) is 0 Å². The smallest absolute Gasteiger partial charge is 0.337 e. The number of carboxylic acids is 1. The summed E-state index contributed by atoms with van der Waals surface area (Å²) in [5.74, 6) is -1.33. The molecule has 4 rings (SSSR count). The molecule has 33 heavy (non-hydrogen) atoms. The van der Waals surface area contributed by atoms with Crippen LogP contribution >= 0.6 is 11.6 Å². The van der Waals surface area contributed by atoms with Gasteiger partial charge < -0.3 is 20.2 Å². The van der Waals surface area contributed by atoms with Crippen LogP contribution in [0.5, 0.6) is 0 Å². The summed E-state index contributed by atoms with van der Waals surface area (Å²) in [6, 6.07) is 11.4. The fourth-order valence-electron chi connectivity index (χ4n) is 4.23. The van der Waals surface area contributed by atoms with Gasteiger partial charge in [-0.1, -0.05) is 11.6 Å². The molecule has 8 nitrogen and oxygen atoms in total. The predicted octanol–water partition coefficient (Wildman–Crippen LogP) is 3.03. The lowest BCUT2D eigenvalue weighted by atomic mass is 10.1. The van der Waals surface area contributed by atoms with Crippen molar-refractivity contribution in [2.24, 2.45) is 0 Å². The van der Waals surface area contributed by atoms with Crippen molar-refractivity contribution >= 4 is 40.8 Å². The highest BCUT2D eigenvalue weighted by Crippen LogP contribution is 2.25. The molecule has 2 aromatic rings. The summed E-state index contributed by atoms with van der Waals surface area (Å²) in [6.07, 6.45) is 2.17. The van der Waals surface area contributed by atoms with Crippen molar-refractivity contribution in [2.75, 3.05) is 56.0 Å². The number of nitrogens with one attached hydrogen (secondary N) is 1. The van der Waals surface area contributed by atoms with E-state index in [0.29, 0.717) is 30.2 Å². The molecule has 2 aliphatic heterocycles. The fourth-order valence-corrected chi connectivity index (χ4v) is 4.36. The maximum absolute atomic E-state index is 12.5. The van der Waals surface area contributed by atoms with Crippen LogP contribution in [0, 0.1) is 0 Å². The van der Waals surface area contributed by atoms with Crippen molar-refractivity contribution in [3.05, 3.63) is 58.6 Å². The first-order valence-electron chi connectivity index (χ1n) is 11.1. The molecule has 2 N–H and O–H groups in total. The monoisotopic (exact) mass is 470 g/mol. The van der Waals surface area contributed by atoms with Crippen LogP contribution in [0.25, 0.3) is 0 Å². The number of piperazine rings is 1. The number of amides is 2. The number of rotatable bonds is 6. The minimum Gasteiger partial charge on any atom is -0.478 e. The molecular weight excluding hydrogens is 444 g/mol. The molecule has 2 heterocycles. The van der Waals surface area contributed by atoms with Gasteiger partial charge in [-0.05, 0) is 55.3 Å². The Morgan fingerprint density at radius 1 is 0.909 bits per heavy atom. The normalized spacial score (nSPS) is 16.6. The third-order valence-electron chi connectivity index (χ3n) is 6.14. The van der Waals surface area contributed by atoms with E-state index in [2.05, 4.69) is 15.1 Å². The lowest BCUT2D eigenvalue weighted by Crippen LogP contribution is -2.49. The molecule has 0 aromatic heterocycles. The summed E-state index contributed by atoms with van der Waals surface area (Å²) in [7, 11) is 0. The van der Waals surface area contributed by atoms with Crippen LogP contribution in [0.15, 0.2) is 42.5 Å². The van der Waals surface area contributed by atoms with Crippen LogP contribution in [0.4, 0.5) is 11.4 Å². The number of hydrogen-bond donors (Lipinski definition) is 2. The molecular formula is C24H27ClN4O4. The molecule has 2 aromatic carbocycles. The first-order chi connectivity index (χ1) is 15.9. The van der Waals surface area contributed by atoms with Crippen LogP contribution in [0.3, 0.4) is 0 Å². The van der Waals surface area contributed by atoms with E-state index in [1.54, 1.807) is 36.4 Å². The van der Waals surface area contributed by atoms with Gasteiger partial charge in [0.1, 0.15) is 0 Å². The maximum atomic E-state index is 12.5. The number of carbonyl (C=O) groups is 3. The Morgan fingerprint density at radius 2 is 1.58 bits per heavy atom. The van der Waals surface area contributed by atoms with Crippen molar-refractivity contribution in [2.45, 2.75) is 12.8 Å². The standard InChI is InChI=1S/C24H27ClN4O4/c25-18-5-3-17(4-6-18)23(31)26-21-8-7-19(15-20(21)24(32)33)28-13-11-27(12-14-28)16-22(30)29-9-1-2-10-29/h3-8,15H,1-2,9-14,16H2,(H,26,31)(H,32,33). The number of carbonyl (C=O) groups excluding carboxylic acids is 2. The van der Waals surface area contributed by atoms with Gasteiger partial charge >= 0.3 is 5.97 Å². The zero-order valence-electron chi connectivity index (χ0n) is 18.3. The van der Waals surface area contributed by atoms with E-state index in [-0.39, 0.29) is 17.2 Å². The second-order valence-corrected chi connectivity index (χ2v) is 8.78. The number of nitrogens with zero attached hydrogens (tertiary/aromatic N) is 3. The van der Waals surface area contributed by atoms with E-state index in [1.165, 1.54) is 0 Å². The highest BCUT2D eigenvalue weighted by molar-refractivity contribution is 6.30. The largest absolute Gasteiger partial charge is 0.478 e. The molecule has 0 saturated carbocycles. The summed E-state index contributed by atoms with van der Waals surface area (Å²) in [6.45, 7) is 5.01. The summed E-state index contributed by atoms with van der Waals surface area (Å²) in [4.78, 5) is 43.0. The van der Waals surface area contributed by atoms with Crippen molar-refractivity contribution in [3.63, 3.8) is 0 Å². The fraction of sp³-hybridized carbons (Fsp3) is 0.375. The van der Waals surface area contributed by atoms with Crippen LogP contribution in [0.2, 0.25) is 5.02 Å². The lowest BCUT2D eigenvalue weighted by molar-refractivity contribution is -0.131. The molecule has 2 amide bonds. The summed E-state index contributed by atoms with van der Waals surface area (Å²) in [5.41, 5.74) is 1.43. The molecule has 2 aliphatic rings. The van der Waals surface area contributed by atoms with Gasteiger partial charge in [-0.25, -0.2) is 4.79 Å². The Kier molecular flexibility index (Phi) is 7.15. The predicted molar refractivity (Wildman–Crippen MR) is 127 cm³/mol. The Morgan fingerprint density at radius 3 is 2.21 bits per heavy atom. The van der Waals surface area contributed by atoms with Crippen LogP contribution in [-0.4, -0.2) is 78.5 Å². The molecule has 2 saturated heterocycles. The van der Waals surface area contributed by atoms with Gasteiger partial charge in [0.2, 0.25) is 5.91 Å². The highest BCUT2D eigenvalue weighted by atomic mass is 35.5. The Hall–Kier alpha value is -3.10. The average Bonchev–Trinajstić information content (AvgIpc) is 3.35. The van der Waals surface area contributed by atoms with E-state index in [4.69, 9.17) is 11.6 Å². The van der Waals surface area contributed by atoms with Gasteiger partial charge in [0, 0.05) is 55.5 Å². The number of aromatic carboxylic acids is 1. The highest BCUT2D eigenvalue weighted by Gasteiger charge is 2.24. The van der Waals surface area contributed by atoms with Gasteiger partial charge in [-0.3, -0.25) is 14.5 Å². The van der Waals surface area contributed by atoms with Gasteiger partial charge in [0.05, 0.1) is 17.8 Å². The first kappa shape index (κ1) is 23.1. The molecule has 0 radical (unpaired) electrons. The van der Waals surface area contributed by atoms with E-state index >= 15 is 0 Å². The van der Waals surface area contributed by atoms with Gasteiger partial charge in [-0.2, -0.15) is 0 Å². The second-order valence-electron chi connectivity index (χ2n) is 8.35. The number of benzene rings is 2. The average molecular weight is 471 g/mol. The molecule has 0 atom stereocenters. The Labute approximate surface area is 197 Å². The number of anilines is 2. The van der Waals surface area contributed by atoms with E-state index in [0.717, 1.165) is 44.7 Å². The molecule has 9 heteroatoms. The van der Waals surface area contributed by atoms with Crippen molar-refractivity contribution in [1.29, 1.82) is 0 Å². The van der Waals surface area contributed by atoms with Gasteiger partial charge in [0.25, 0.3) is 5.91 Å². The number of halogens is 1. The number of likely N-dealkylation sites (tertiary alicyclic amines) is 1. The minimum absolute atomic E-state index is 0.0291. The first-order valence-corrected chi connectivity index (χ1v) is 11.5. The Balaban J connectivity index is 1.39. The van der Waals surface area contributed by atoms with Crippen molar-refractivity contribution in [3.8, 4) is 0 Å². The van der Waals surface area contributed by atoms with Crippen LogP contribution in [-0.2, 0) is 4.79 Å². The minimum atomic E-state index is -1.11. The third-order valence-corrected chi connectivity index (χ3v) is 6.40. The van der Waals surface area contributed by atoms with Crippen molar-refractivity contribution in [1.82, 2.24) is 9.80 Å². The summed E-state index contributed by atoms with van der Waals surface area (Å²) in [5, 5.41) is 12.9. The molecule has 0 unspecified atom stereocenters. The van der Waals surface area contributed by atoms with E-state index < -0.39 is 11.9 Å². The summed E-state index contributed by atoms with van der Waals surface area (Å²) >= 11 is 5.86. The molecule has 174 valence electrons. The maximum Gasteiger partial charge on any atom is 0.337 e. The molecule has 0 spiro atoms. The van der Waals surface area contributed by atoms with Gasteiger partial charge in [0.15, 0.2) is 0 Å². The quantitative estimate of drug-likeness (QED) is 0.674. The second kappa shape index (κ2) is 10.2. The summed E-state index contributed by atoms with van der Waals surface area (Å²) < 4.78 is 0. The van der Waals surface area contributed by atoms with Crippen molar-refractivity contribution < 1.29 is 19.5 Å². The van der Waals surface area contributed by atoms with Crippen LogP contribution < -0.4 is 10.2 Å². The van der Waals surface area contributed by atoms with E-state index in [9.17, 15) is 19.5 Å². The zero-order valence-corrected chi connectivity index (χ0v) is 19.1. The zero-order chi connectivity index (χ0) is 23.4. The third kappa shape index (κ3) is 5.64. The van der Waals surface area contributed by atoms with Crippen LogP contribution in [0.1, 0.15) is 33.6 Å². The number of hydrogen-bond acceptors (Lipinski definition) is 5. The lowest BCUT2D eigenvalue weighted by Gasteiger charge is -2.36. The molecule has 0 bridgehead atoms. The van der Waals surface area contributed by atoms with E-state index in [1.807, 2.05) is 11.0 Å². The molecule has 2 fully saturated rings. The number of carboxylic acid groups (broad SMARTS) is 1.